The summed E-state index contributed by atoms with van der Waals surface area (Å²) >= 11 is 1.72. The van der Waals surface area contributed by atoms with Gasteiger partial charge in [0, 0.05) is 22.4 Å². The number of amides is 1. The minimum Gasteiger partial charge on any atom is -0.353 e. The van der Waals surface area contributed by atoms with Crippen LogP contribution in [0.1, 0.15) is 38.3 Å². The predicted octanol–water partition coefficient (Wildman–Crippen LogP) is 5.22. The Morgan fingerprint density at radius 3 is 2.39 bits per heavy atom. The van der Waals surface area contributed by atoms with Crippen molar-refractivity contribution in [3.05, 3.63) is 65.7 Å². The Hall–Kier alpha value is -2.04. The molecule has 0 aromatic heterocycles. The summed E-state index contributed by atoms with van der Waals surface area (Å²) in [6.07, 6.45) is 4.47. The minimum absolute atomic E-state index is 0.0481. The first kappa shape index (κ1) is 22.3. The second-order valence-corrected chi connectivity index (χ2v) is 9.31. The first-order chi connectivity index (χ1) is 13.3. The lowest BCUT2D eigenvalue weighted by Gasteiger charge is -2.19. The van der Waals surface area contributed by atoms with E-state index < -0.39 is 0 Å². The van der Waals surface area contributed by atoms with E-state index >= 15 is 0 Å². The van der Waals surface area contributed by atoms with Crippen LogP contribution in [0.4, 0.5) is 0 Å². The highest BCUT2D eigenvalue weighted by Crippen LogP contribution is 2.32. The van der Waals surface area contributed by atoms with Crippen molar-refractivity contribution in [2.75, 3.05) is 27.2 Å². The molecule has 0 heterocycles. The Balaban J connectivity index is 1.99. The van der Waals surface area contributed by atoms with Crippen molar-refractivity contribution in [2.24, 2.45) is 0 Å². The van der Waals surface area contributed by atoms with E-state index in [-0.39, 0.29) is 11.3 Å². The summed E-state index contributed by atoms with van der Waals surface area (Å²) < 4.78 is 0. The standard InChI is InChI=1S/C24H32N2OS/c1-24(2,3)20-12-14-21(15-13-20)28-22-10-7-6-9-19(22)11-16-23(27)25-17-8-18-26(4)5/h6-7,9-16H,8,17-18H2,1-5H3,(H,25,27)/b16-11+. The molecule has 0 aliphatic carbocycles. The summed E-state index contributed by atoms with van der Waals surface area (Å²) in [4.78, 5) is 16.5. The summed E-state index contributed by atoms with van der Waals surface area (Å²) in [5.74, 6) is -0.0481. The van der Waals surface area contributed by atoms with Crippen LogP contribution in [0.15, 0.2) is 64.4 Å². The third-order valence-corrected chi connectivity index (χ3v) is 5.46. The Kier molecular flexibility index (Phi) is 8.34. The van der Waals surface area contributed by atoms with E-state index in [4.69, 9.17) is 0 Å². The molecule has 2 aromatic rings. The molecule has 0 spiro atoms. The highest BCUT2D eigenvalue weighted by atomic mass is 32.2. The highest BCUT2D eigenvalue weighted by Gasteiger charge is 2.13. The van der Waals surface area contributed by atoms with E-state index in [0.29, 0.717) is 6.54 Å². The molecular weight excluding hydrogens is 364 g/mol. The molecule has 0 fully saturated rings. The molecule has 150 valence electrons. The van der Waals surface area contributed by atoms with Crippen LogP contribution in [0.2, 0.25) is 0 Å². The predicted molar refractivity (Wildman–Crippen MR) is 121 cm³/mol. The van der Waals surface area contributed by atoms with Crippen molar-refractivity contribution in [3.8, 4) is 0 Å². The van der Waals surface area contributed by atoms with Gasteiger partial charge in [0.25, 0.3) is 0 Å². The van der Waals surface area contributed by atoms with Gasteiger partial charge in [0.05, 0.1) is 0 Å². The van der Waals surface area contributed by atoms with E-state index in [0.717, 1.165) is 23.4 Å². The lowest BCUT2D eigenvalue weighted by atomic mass is 9.87. The zero-order valence-electron chi connectivity index (χ0n) is 17.7. The first-order valence-corrected chi connectivity index (χ1v) is 10.6. The third-order valence-electron chi connectivity index (χ3n) is 4.36. The number of carbonyl (C=O) groups is 1. The molecule has 0 radical (unpaired) electrons. The van der Waals surface area contributed by atoms with Gasteiger partial charge in [-0.3, -0.25) is 4.79 Å². The molecule has 0 saturated heterocycles. The van der Waals surface area contributed by atoms with Crippen molar-refractivity contribution >= 4 is 23.7 Å². The van der Waals surface area contributed by atoms with Gasteiger partial charge in [-0.25, -0.2) is 0 Å². The molecule has 0 aliphatic rings. The van der Waals surface area contributed by atoms with E-state index in [2.05, 4.69) is 61.3 Å². The maximum Gasteiger partial charge on any atom is 0.244 e. The number of carbonyl (C=O) groups excluding carboxylic acids is 1. The van der Waals surface area contributed by atoms with Crippen LogP contribution in [0.5, 0.6) is 0 Å². The summed E-state index contributed by atoms with van der Waals surface area (Å²) in [5, 5.41) is 2.94. The lowest BCUT2D eigenvalue weighted by molar-refractivity contribution is -0.116. The minimum atomic E-state index is -0.0481. The van der Waals surface area contributed by atoms with Gasteiger partial charge < -0.3 is 10.2 Å². The summed E-state index contributed by atoms with van der Waals surface area (Å²) in [6.45, 7) is 8.33. The van der Waals surface area contributed by atoms with Gasteiger partial charge in [0.2, 0.25) is 5.91 Å². The van der Waals surface area contributed by atoms with Crippen molar-refractivity contribution in [3.63, 3.8) is 0 Å². The maximum absolute atomic E-state index is 12.0. The van der Waals surface area contributed by atoms with E-state index in [9.17, 15) is 4.79 Å². The molecule has 2 rings (SSSR count). The number of hydrogen-bond donors (Lipinski definition) is 1. The van der Waals surface area contributed by atoms with Crippen molar-refractivity contribution in [1.29, 1.82) is 0 Å². The van der Waals surface area contributed by atoms with Gasteiger partial charge >= 0.3 is 0 Å². The Morgan fingerprint density at radius 2 is 1.75 bits per heavy atom. The molecule has 0 aliphatic heterocycles. The van der Waals surface area contributed by atoms with Crippen molar-refractivity contribution in [2.45, 2.75) is 42.4 Å². The molecule has 1 amide bonds. The van der Waals surface area contributed by atoms with E-state index in [1.54, 1.807) is 17.8 Å². The van der Waals surface area contributed by atoms with Crippen LogP contribution in [-0.2, 0) is 10.2 Å². The van der Waals surface area contributed by atoms with Crippen LogP contribution in [-0.4, -0.2) is 38.0 Å². The highest BCUT2D eigenvalue weighted by molar-refractivity contribution is 7.99. The zero-order valence-corrected chi connectivity index (χ0v) is 18.5. The quantitative estimate of drug-likeness (QED) is 0.491. The average Bonchev–Trinajstić information content (AvgIpc) is 2.64. The van der Waals surface area contributed by atoms with Crippen molar-refractivity contribution in [1.82, 2.24) is 10.2 Å². The Morgan fingerprint density at radius 1 is 1.07 bits per heavy atom. The molecule has 2 aromatic carbocycles. The Labute approximate surface area is 174 Å². The van der Waals surface area contributed by atoms with Crippen molar-refractivity contribution < 1.29 is 4.79 Å². The summed E-state index contributed by atoms with van der Waals surface area (Å²) in [7, 11) is 4.07. The smallest absolute Gasteiger partial charge is 0.244 e. The van der Waals surface area contributed by atoms with Crippen LogP contribution in [0.25, 0.3) is 6.08 Å². The molecule has 3 nitrogen and oxygen atoms in total. The third kappa shape index (κ3) is 7.53. The molecule has 28 heavy (non-hydrogen) atoms. The topological polar surface area (TPSA) is 32.3 Å². The number of nitrogens with zero attached hydrogens (tertiary/aromatic N) is 1. The molecule has 0 atom stereocenters. The summed E-state index contributed by atoms with van der Waals surface area (Å²) in [6, 6.07) is 16.9. The number of hydrogen-bond acceptors (Lipinski definition) is 3. The summed E-state index contributed by atoms with van der Waals surface area (Å²) in [5.41, 5.74) is 2.54. The van der Waals surface area contributed by atoms with E-state index in [1.807, 2.05) is 38.4 Å². The van der Waals surface area contributed by atoms with Gasteiger partial charge in [-0.2, -0.15) is 0 Å². The molecule has 0 unspecified atom stereocenters. The van der Waals surface area contributed by atoms with Gasteiger partial charge in [0.15, 0.2) is 0 Å². The second kappa shape index (κ2) is 10.5. The van der Waals surface area contributed by atoms with Crippen LogP contribution in [0.3, 0.4) is 0 Å². The monoisotopic (exact) mass is 396 g/mol. The van der Waals surface area contributed by atoms with E-state index in [1.165, 1.54) is 10.5 Å². The number of rotatable bonds is 8. The fourth-order valence-corrected chi connectivity index (χ4v) is 3.62. The van der Waals surface area contributed by atoms with Gasteiger partial charge in [-0.05, 0) is 67.9 Å². The van der Waals surface area contributed by atoms with Gasteiger partial charge in [-0.1, -0.05) is 62.9 Å². The Bertz CT molecular complexity index is 789. The largest absolute Gasteiger partial charge is 0.353 e. The van der Waals surface area contributed by atoms with Gasteiger partial charge in [0.1, 0.15) is 0 Å². The fourth-order valence-electron chi connectivity index (χ4n) is 2.69. The van der Waals surface area contributed by atoms with Crippen LogP contribution < -0.4 is 5.32 Å². The average molecular weight is 397 g/mol. The molecule has 4 heteroatoms. The second-order valence-electron chi connectivity index (χ2n) is 8.20. The number of benzene rings is 2. The van der Waals surface area contributed by atoms with Crippen LogP contribution in [0, 0.1) is 0 Å². The number of nitrogens with one attached hydrogen (secondary N) is 1. The normalized spacial score (nSPS) is 11.9. The molecule has 1 N–H and O–H groups in total. The molecule has 0 saturated carbocycles. The zero-order chi connectivity index (χ0) is 20.6. The van der Waals surface area contributed by atoms with Gasteiger partial charge in [-0.15, -0.1) is 0 Å². The molecular formula is C24H32N2OS. The SMILES string of the molecule is CN(C)CCCNC(=O)/C=C/c1ccccc1Sc1ccc(C(C)(C)C)cc1. The van der Waals surface area contributed by atoms with Crippen LogP contribution >= 0.6 is 11.8 Å². The fraction of sp³-hybridized carbons (Fsp3) is 0.375. The first-order valence-electron chi connectivity index (χ1n) is 9.74. The maximum atomic E-state index is 12.0. The lowest BCUT2D eigenvalue weighted by Crippen LogP contribution is -2.25. The molecule has 0 bridgehead atoms.